The third-order valence-electron chi connectivity index (χ3n) is 3.97. The Bertz CT molecular complexity index is 612. The van der Waals surface area contributed by atoms with Crippen molar-refractivity contribution < 1.29 is 82.1 Å². The van der Waals surface area contributed by atoms with E-state index in [1.807, 2.05) is 0 Å². The first-order chi connectivity index (χ1) is 14.8. The summed E-state index contributed by atoms with van der Waals surface area (Å²) in [4.78, 5) is 40.0. The standard InChI is InChI=1S/2C8H16O2.C4H6O7S.Na/c2*1-2-3-4-5-6-7-8(9)10;5-3(6)1-2(4(7)8)12(9,10)11;/h2*2-7H2,1H3,(H,9,10);2H,1H2,(H,5,6)(H,7,8)(H,9,10,11);/q;;;+1/p-1. The van der Waals surface area contributed by atoms with Gasteiger partial charge in [-0.25, -0.2) is 0 Å². The molecule has 0 radical (unpaired) electrons. The van der Waals surface area contributed by atoms with Crippen LogP contribution in [0.1, 0.15) is 97.3 Å². The second-order valence-electron chi connectivity index (χ2n) is 7.03. The zero-order chi connectivity index (χ0) is 25.6. The predicted molar refractivity (Wildman–Crippen MR) is 115 cm³/mol. The second-order valence-corrected chi connectivity index (χ2v) is 8.63. The van der Waals surface area contributed by atoms with Gasteiger partial charge in [0.25, 0.3) is 10.1 Å². The van der Waals surface area contributed by atoms with Gasteiger partial charge in [-0.15, -0.1) is 0 Å². The molecule has 0 aromatic heterocycles. The molecule has 0 aliphatic rings. The van der Waals surface area contributed by atoms with E-state index in [4.69, 9.17) is 19.9 Å². The third kappa shape index (κ3) is 35.6. The number of rotatable bonds is 16. The van der Waals surface area contributed by atoms with Crippen molar-refractivity contribution in [2.75, 3.05) is 0 Å². The summed E-state index contributed by atoms with van der Waals surface area (Å²) in [7, 11) is -4.84. The Morgan fingerprint density at radius 3 is 1.36 bits per heavy atom. The topological polar surface area (TPSA) is 206 Å². The number of carbonyl (C=O) groups is 4. The van der Waals surface area contributed by atoms with E-state index in [-0.39, 0.29) is 36.0 Å². The molecule has 0 saturated heterocycles. The molecule has 0 aromatic rings. The molecule has 0 saturated carbocycles. The summed E-state index contributed by atoms with van der Waals surface area (Å²) >= 11 is 0. The van der Waals surface area contributed by atoms with E-state index < -0.39 is 45.7 Å². The Labute approximate surface area is 218 Å². The second kappa shape index (κ2) is 25.4. The van der Waals surface area contributed by atoms with E-state index in [0.29, 0.717) is 6.42 Å². The molecule has 0 bridgehead atoms. The summed E-state index contributed by atoms with van der Waals surface area (Å²) < 4.78 is 28.7. The Kier molecular flexibility index (Phi) is 30.1. The average Bonchev–Trinajstić information content (AvgIpc) is 2.65. The molecule has 0 aromatic carbocycles. The number of hydrogen-bond donors (Lipinski definition) is 4. The van der Waals surface area contributed by atoms with Crippen molar-refractivity contribution in [2.45, 2.75) is 103 Å². The third-order valence-corrected chi connectivity index (χ3v) is 5.06. The normalized spacial score (nSPS) is 10.9. The zero-order valence-electron chi connectivity index (χ0n) is 19.8. The van der Waals surface area contributed by atoms with Crippen LogP contribution in [0.3, 0.4) is 0 Å². The Hall–Kier alpha value is -1.21. The zero-order valence-corrected chi connectivity index (χ0v) is 22.6. The van der Waals surface area contributed by atoms with Crippen LogP contribution in [-0.2, 0) is 29.3 Å². The Morgan fingerprint density at radius 1 is 0.727 bits per heavy atom. The van der Waals surface area contributed by atoms with Gasteiger partial charge in [-0.05, 0) is 19.3 Å². The number of hydrogen-bond acceptors (Lipinski definition) is 7. The van der Waals surface area contributed by atoms with Crippen molar-refractivity contribution in [1.29, 1.82) is 0 Å². The molecule has 0 heterocycles. The van der Waals surface area contributed by atoms with Crippen LogP contribution < -0.4 is 34.7 Å². The predicted octanol–water partition coefficient (Wildman–Crippen LogP) is -0.666. The van der Waals surface area contributed by atoms with Gasteiger partial charge in [-0.2, -0.15) is 8.42 Å². The van der Waals surface area contributed by atoms with Crippen LogP contribution in [-0.4, -0.2) is 57.4 Å². The number of carboxylic acids is 4. The SMILES string of the molecule is CCCCCCCC(=O)O.CCCCCCCC(=O)[O-].O=C(O)CC(C(=O)O)S(=O)(=O)O.[Na+]. The van der Waals surface area contributed by atoms with E-state index in [1.165, 1.54) is 32.1 Å². The van der Waals surface area contributed by atoms with E-state index in [1.54, 1.807) is 0 Å². The summed E-state index contributed by atoms with van der Waals surface area (Å²) in [5.41, 5.74) is 0. The molecule has 0 amide bonds. The Balaban J connectivity index is -0.000000189. The number of carboxylic acid groups (broad SMARTS) is 4. The minimum absolute atomic E-state index is 0. The van der Waals surface area contributed by atoms with Gasteiger partial charge >= 0.3 is 47.5 Å². The van der Waals surface area contributed by atoms with Crippen LogP contribution in [0.15, 0.2) is 0 Å². The van der Waals surface area contributed by atoms with Gasteiger partial charge in [0, 0.05) is 12.4 Å². The fourth-order valence-corrected chi connectivity index (χ4v) is 2.84. The van der Waals surface area contributed by atoms with Crippen LogP contribution in [0.2, 0.25) is 0 Å². The molecule has 33 heavy (non-hydrogen) atoms. The average molecular weight is 509 g/mol. The molecule has 0 spiro atoms. The van der Waals surface area contributed by atoms with Crippen LogP contribution in [0.5, 0.6) is 0 Å². The van der Waals surface area contributed by atoms with E-state index in [0.717, 1.165) is 32.1 Å². The summed E-state index contributed by atoms with van der Waals surface area (Å²) in [5, 5.41) is 32.1. The van der Waals surface area contributed by atoms with Gasteiger partial charge in [-0.1, -0.05) is 65.2 Å². The molecule has 4 N–H and O–H groups in total. The molecular formula is C20H37NaO11S. The number of aliphatic carboxylic acids is 4. The molecule has 13 heteroatoms. The van der Waals surface area contributed by atoms with Crippen molar-refractivity contribution >= 4 is 34.0 Å². The molecule has 1 unspecified atom stereocenters. The number of carbonyl (C=O) groups excluding carboxylic acids is 1. The fraction of sp³-hybridized carbons (Fsp3) is 0.800. The van der Waals surface area contributed by atoms with Crippen molar-refractivity contribution in [3.8, 4) is 0 Å². The van der Waals surface area contributed by atoms with Crippen molar-refractivity contribution in [2.24, 2.45) is 0 Å². The smallest absolute Gasteiger partial charge is 0.550 e. The first-order valence-electron chi connectivity index (χ1n) is 10.6. The molecular weight excluding hydrogens is 471 g/mol. The summed E-state index contributed by atoms with van der Waals surface area (Å²) in [6, 6.07) is 0. The Morgan fingerprint density at radius 2 is 1.12 bits per heavy atom. The first kappa shape index (κ1) is 39.0. The molecule has 0 rings (SSSR count). The quantitative estimate of drug-likeness (QED) is 0.117. The van der Waals surface area contributed by atoms with Gasteiger partial charge in [-0.3, -0.25) is 18.9 Å². The van der Waals surface area contributed by atoms with Crippen molar-refractivity contribution in [3.05, 3.63) is 0 Å². The maximum atomic E-state index is 10.2. The molecule has 190 valence electrons. The van der Waals surface area contributed by atoms with Crippen LogP contribution in [0.4, 0.5) is 0 Å². The van der Waals surface area contributed by atoms with Crippen LogP contribution in [0, 0.1) is 0 Å². The van der Waals surface area contributed by atoms with Crippen LogP contribution >= 0.6 is 0 Å². The monoisotopic (exact) mass is 508 g/mol. The van der Waals surface area contributed by atoms with Crippen molar-refractivity contribution in [1.82, 2.24) is 0 Å². The van der Waals surface area contributed by atoms with Gasteiger partial charge < -0.3 is 25.2 Å². The first-order valence-corrected chi connectivity index (χ1v) is 12.1. The fourth-order valence-electron chi connectivity index (χ4n) is 2.23. The van der Waals surface area contributed by atoms with Gasteiger partial charge in [0.15, 0.2) is 5.25 Å². The van der Waals surface area contributed by atoms with E-state index in [2.05, 4.69) is 13.8 Å². The van der Waals surface area contributed by atoms with Gasteiger partial charge in [0.2, 0.25) is 0 Å². The van der Waals surface area contributed by atoms with E-state index in [9.17, 15) is 32.7 Å². The molecule has 1 atom stereocenters. The minimum atomic E-state index is -4.84. The van der Waals surface area contributed by atoms with Gasteiger partial charge in [0.05, 0.1) is 6.42 Å². The maximum absolute atomic E-state index is 10.2. The van der Waals surface area contributed by atoms with Crippen LogP contribution in [0.25, 0.3) is 0 Å². The molecule has 0 fully saturated rings. The molecule has 0 aliphatic heterocycles. The minimum Gasteiger partial charge on any atom is -0.550 e. The summed E-state index contributed by atoms with van der Waals surface area (Å²) in [5.74, 6) is -5.09. The maximum Gasteiger partial charge on any atom is 1.00 e. The largest absolute Gasteiger partial charge is 1.00 e. The number of unbranched alkanes of at least 4 members (excludes halogenated alkanes) is 8. The van der Waals surface area contributed by atoms with Gasteiger partial charge in [0.1, 0.15) is 0 Å². The van der Waals surface area contributed by atoms with Crippen molar-refractivity contribution in [3.63, 3.8) is 0 Å². The molecule has 0 aliphatic carbocycles. The van der Waals surface area contributed by atoms with E-state index >= 15 is 0 Å². The summed E-state index contributed by atoms with van der Waals surface area (Å²) in [6.07, 6.45) is 10.3. The summed E-state index contributed by atoms with van der Waals surface area (Å²) in [6.45, 7) is 4.29. The molecule has 11 nitrogen and oxygen atoms in total.